The van der Waals surface area contributed by atoms with Gasteiger partial charge in [0, 0.05) is 17.1 Å². The Morgan fingerprint density at radius 1 is 1.27 bits per heavy atom. The lowest BCUT2D eigenvalue weighted by Crippen LogP contribution is -2.47. The summed E-state index contributed by atoms with van der Waals surface area (Å²) in [6.45, 7) is 1.29. The summed E-state index contributed by atoms with van der Waals surface area (Å²) >= 11 is 0. The van der Waals surface area contributed by atoms with Crippen LogP contribution in [0.15, 0.2) is 47.3 Å². The second kappa shape index (κ2) is 6.78. The van der Waals surface area contributed by atoms with Crippen molar-refractivity contribution in [1.29, 1.82) is 0 Å². The van der Waals surface area contributed by atoms with Crippen LogP contribution in [0.25, 0.3) is 33.3 Å². The molecular formula is C21H22N4O5. The van der Waals surface area contributed by atoms with Crippen LogP contribution in [0.1, 0.15) is 6.92 Å². The number of aromatic nitrogens is 3. The highest BCUT2D eigenvalue weighted by molar-refractivity contribution is 6.01. The Kier molecular flexibility index (Phi) is 4.30. The maximum Gasteiger partial charge on any atom is 0.146 e. The number of ether oxygens (including phenoxy) is 1. The molecule has 5 rings (SSSR count). The van der Waals surface area contributed by atoms with Gasteiger partial charge in [-0.25, -0.2) is 9.97 Å². The summed E-state index contributed by atoms with van der Waals surface area (Å²) in [6.07, 6.45) is 0.367. The van der Waals surface area contributed by atoms with E-state index in [0.29, 0.717) is 22.6 Å². The maximum atomic E-state index is 10.8. The average Bonchev–Trinajstić information content (AvgIpc) is 3.37. The number of benzene rings is 1. The van der Waals surface area contributed by atoms with Gasteiger partial charge >= 0.3 is 0 Å². The van der Waals surface area contributed by atoms with Crippen LogP contribution >= 0.6 is 0 Å². The molecule has 0 radical (unpaired) electrons. The first kappa shape index (κ1) is 19.0. The zero-order chi connectivity index (χ0) is 21.0. The van der Waals surface area contributed by atoms with Crippen LogP contribution in [0.2, 0.25) is 0 Å². The quantitative estimate of drug-likeness (QED) is 0.395. The Bertz CT molecular complexity index is 1200. The van der Waals surface area contributed by atoms with Crippen molar-refractivity contribution in [3.8, 4) is 11.3 Å². The lowest BCUT2D eigenvalue weighted by molar-refractivity contribution is -0.0677. The molecule has 5 N–H and O–H groups in total. The van der Waals surface area contributed by atoms with Gasteiger partial charge in [0.25, 0.3) is 0 Å². The largest absolute Gasteiger partial charge is 0.456 e. The van der Waals surface area contributed by atoms with E-state index in [1.807, 2.05) is 36.5 Å². The number of hydrogen-bond acceptors (Lipinski definition) is 8. The Balaban J connectivity index is 1.61. The van der Waals surface area contributed by atoms with E-state index < -0.39 is 23.9 Å². The fraction of sp³-hybridized carbons (Fsp3) is 0.333. The number of aliphatic hydroxyl groups excluding tert-OH is 2. The number of anilines is 1. The number of aliphatic hydroxyl groups is 3. The molecule has 30 heavy (non-hydrogen) atoms. The van der Waals surface area contributed by atoms with E-state index in [-0.39, 0.29) is 13.2 Å². The first-order chi connectivity index (χ1) is 14.4. The molecule has 0 spiro atoms. The van der Waals surface area contributed by atoms with Crippen LogP contribution in [0.4, 0.5) is 5.82 Å². The molecule has 4 atom stereocenters. The predicted molar refractivity (Wildman–Crippen MR) is 110 cm³/mol. The van der Waals surface area contributed by atoms with Gasteiger partial charge in [-0.2, -0.15) is 0 Å². The third kappa shape index (κ3) is 2.78. The predicted octanol–water partition coefficient (Wildman–Crippen LogP) is 1.30. The molecule has 0 aliphatic carbocycles. The number of fused-ring (bicyclic) bond motifs is 2. The molecule has 1 aliphatic heterocycles. The standard InChI is InChI=1S/C21H22N4O5/c1-21(28)16(30-15(9-26)18(21)27)8-25-7-12(17-19(22)23-10-24-20(17)25)14-6-11-4-2-3-5-13(11)29-14/h2-7,10,15-16,18,26-28H,8-9H2,1H3,(H2,22,23,24)/t15-,16+,18?,21+/m1/s1. The lowest BCUT2D eigenvalue weighted by Gasteiger charge is -2.26. The summed E-state index contributed by atoms with van der Waals surface area (Å²) < 4.78 is 13.5. The number of furan rings is 1. The first-order valence-corrected chi connectivity index (χ1v) is 9.65. The van der Waals surface area contributed by atoms with Crippen LogP contribution in [-0.4, -0.2) is 60.4 Å². The fourth-order valence-corrected chi connectivity index (χ4v) is 4.13. The van der Waals surface area contributed by atoms with Gasteiger partial charge in [-0.3, -0.25) is 0 Å². The summed E-state index contributed by atoms with van der Waals surface area (Å²) in [5, 5.41) is 32.1. The first-order valence-electron chi connectivity index (χ1n) is 9.65. The van der Waals surface area contributed by atoms with Gasteiger partial charge in [0.05, 0.1) is 18.5 Å². The van der Waals surface area contributed by atoms with Crippen molar-refractivity contribution in [2.45, 2.75) is 37.4 Å². The minimum absolute atomic E-state index is 0.188. The Labute approximate surface area is 171 Å². The second-order valence-electron chi connectivity index (χ2n) is 7.82. The summed E-state index contributed by atoms with van der Waals surface area (Å²) in [6, 6.07) is 9.61. The number of para-hydroxylation sites is 1. The van der Waals surface area contributed by atoms with Crippen LogP contribution in [-0.2, 0) is 11.3 Å². The van der Waals surface area contributed by atoms with Crippen molar-refractivity contribution in [2.24, 2.45) is 0 Å². The van der Waals surface area contributed by atoms with Crippen molar-refractivity contribution in [1.82, 2.24) is 14.5 Å². The van der Waals surface area contributed by atoms with Gasteiger partial charge in [0.1, 0.15) is 53.0 Å². The molecule has 156 valence electrons. The molecule has 4 aromatic rings. The van der Waals surface area contributed by atoms with E-state index in [1.54, 1.807) is 4.57 Å². The van der Waals surface area contributed by atoms with Crippen molar-refractivity contribution in [3.05, 3.63) is 42.9 Å². The molecule has 3 aromatic heterocycles. The molecule has 1 unspecified atom stereocenters. The van der Waals surface area contributed by atoms with E-state index in [0.717, 1.165) is 16.5 Å². The number of hydrogen-bond donors (Lipinski definition) is 4. The van der Waals surface area contributed by atoms with Crippen LogP contribution in [0.5, 0.6) is 0 Å². The summed E-state index contributed by atoms with van der Waals surface area (Å²) in [5.41, 5.74) is 6.65. The highest BCUT2D eigenvalue weighted by Gasteiger charge is 2.51. The van der Waals surface area contributed by atoms with Gasteiger partial charge in [-0.1, -0.05) is 18.2 Å². The van der Waals surface area contributed by atoms with Crippen molar-refractivity contribution < 1.29 is 24.5 Å². The van der Waals surface area contributed by atoms with E-state index in [9.17, 15) is 15.3 Å². The monoisotopic (exact) mass is 410 g/mol. The molecular weight excluding hydrogens is 388 g/mol. The minimum atomic E-state index is -1.54. The highest BCUT2D eigenvalue weighted by atomic mass is 16.6. The second-order valence-corrected chi connectivity index (χ2v) is 7.82. The molecule has 0 saturated carbocycles. The Hall–Kier alpha value is -2.98. The topological polar surface area (TPSA) is 140 Å². The molecule has 1 aliphatic rings. The highest BCUT2D eigenvalue weighted by Crippen LogP contribution is 2.38. The van der Waals surface area contributed by atoms with E-state index in [1.165, 1.54) is 13.3 Å². The smallest absolute Gasteiger partial charge is 0.146 e. The molecule has 0 bridgehead atoms. The molecule has 9 heteroatoms. The van der Waals surface area contributed by atoms with Crippen molar-refractivity contribution >= 4 is 27.8 Å². The number of rotatable bonds is 4. The fourth-order valence-electron chi connectivity index (χ4n) is 4.13. The van der Waals surface area contributed by atoms with E-state index >= 15 is 0 Å². The summed E-state index contributed by atoms with van der Waals surface area (Å²) in [7, 11) is 0. The van der Waals surface area contributed by atoms with Gasteiger partial charge in [-0.05, 0) is 19.1 Å². The van der Waals surface area contributed by atoms with E-state index in [4.69, 9.17) is 14.9 Å². The van der Waals surface area contributed by atoms with Crippen LogP contribution in [0.3, 0.4) is 0 Å². The molecule has 1 fully saturated rings. The van der Waals surface area contributed by atoms with Crippen LogP contribution in [0, 0.1) is 0 Å². The SMILES string of the molecule is C[C@@]1(O)C(O)[C@@H](CO)O[C@H]1Cn1cc(-c2cc3ccccc3o2)c2c(N)ncnc21. The minimum Gasteiger partial charge on any atom is -0.456 e. The number of nitrogens with two attached hydrogens (primary N) is 1. The third-order valence-corrected chi connectivity index (χ3v) is 5.86. The summed E-state index contributed by atoms with van der Waals surface area (Å²) in [5.74, 6) is 0.926. The van der Waals surface area contributed by atoms with Gasteiger partial charge in [0.15, 0.2) is 0 Å². The zero-order valence-electron chi connectivity index (χ0n) is 16.3. The average molecular weight is 410 g/mol. The van der Waals surface area contributed by atoms with Gasteiger partial charge in [-0.15, -0.1) is 0 Å². The Morgan fingerprint density at radius 2 is 2.07 bits per heavy atom. The van der Waals surface area contributed by atoms with Gasteiger partial charge < -0.3 is 34.8 Å². The molecule has 4 heterocycles. The molecule has 0 amide bonds. The maximum absolute atomic E-state index is 10.8. The normalized spacial score (nSPS) is 26.7. The van der Waals surface area contributed by atoms with Gasteiger partial charge in [0.2, 0.25) is 0 Å². The number of nitrogens with zero attached hydrogens (tertiary/aromatic N) is 3. The lowest BCUT2D eigenvalue weighted by atomic mass is 9.93. The Morgan fingerprint density at radius 3 is 2.80 bits per heavy atom. The zero-order valence-corrected chi connectivity index (χ0v) is 16.3. The van der Waals surface area contributed by atoms with E-state index in [2.05, 4.69) is 9.97 Å². The molecule has 1 saturated heterocycles. The van der Waals surface area contributed by atoms with Crippen molar-refractivity contribution in [3.63, 3.8) is 0 Å². The number of nitrogen functional groups attached to an aromatic ring is 1. The van der Waals surface area contributed by atoms with Crippen molar-refractivity contribution in [2.75, 3.05) is 12.3 Å². The van der Waals surface area contributed by atoms with Crippen LogP contribution < -0.4 is 5.73 Å². The third-order valence-electron chi connectivity index (χ3n) is 5.86. The molecule has 9 nitrogen and oxygen atoms in total. The molecule has 1 aromatic carbocycles. The summed E-state index contributed by atoms with van der Waals surface area (Å²) in [4.78, 5) is 8.49.